The quantitative estimate of drug-likeness (QED) is 0.557. The van der Waals surface area contributed by atoms with Crippen molar-refractivity contribution < 1.29 is 5.11 Å². The van der Waals surface area contributed by atoms with E-state index in [-0.39, 0.29) is 6.61 Å². The lowest BCUT2D eigenvalue weighted by molar-refractivity contribution is 0.322. The van der Waals surface area contributed by atoms with Gasteiger partial charge in [-0.25, -0.2) is 9.97 Å². The summed E-state index contributed by atoms with van der Waals surface area (Å²) in [6, 6.07) is 1.90. The number of anilines is 1. The van der Waals surface area contributed by atoms with Crippen molar-refractivity contribution in [1.29, 1.82) is 0 Å². The molecular formula is C8H13N3OS. The summed E-state index contributed by atoms with van der Waals surface area (Å²) in [7, 11) is 1.79. The van der Waals surface area contributed by atoms with Crippen LogP contribution in [0.15, 0.2) is 11.1 Å². The smallest absolute Gasteiger partial charge is 0.223 e. The SMILES string of the molecule is CNc1nc(C)cc(SCCO)n1. The van der Waals surface area contributed by atoms with Gasteiger partial charge in [-0.05, 0) is 13.0 Å². The van der Waals surface area contributed by atoms with E-state index in [1.165, 1.54) is 11.8 Å². The van der Waals surface area contributed by atoms with E-state index in [9.17, 15) is 0 Å². The summed E-state index contributed by atoms with van der Waals surface area (Å²) < 4.78 is 0. The molecule has 72 valence electrons. The van der Waals surface area contributed by atoms with Crippen LogP contribution >= 0.6 is 11.8 Å². The van der Waals surface area contributed by atoms with Gasteiger partial charge in [-0.1, -0.05) is 0 Å². The van der Waals surface area contributed by atoms with Crippen LogP contribution in [0.2, 0.25) is 0 Å². The molecule has 0 fully saturated rings. The lowest BCUT2D eigenvalue weighted by Crippen LogP contribution is -1.99. The molecule has 0 saturated carbocycles. The molecule has 2 N–H and O–H groups in total. The van der Waals surface area contributed by atoms with Crippen LogP contribution in [-0.4, -0.2) is 34.5 Å². The van der Waals surface area contributed by atoms with Gasteiger partial charge in [-0.2, -0.15) is 0 Å². The van der Waals surface area contributed by atoms with Crippen LogP contribution in [0.1, 0.15) is 5.69 Å². The predicted molar refractivity (Wildman–Crippen MR) is 54.1 cm³/mol. The molecule has 0 radical (unpaired) electrons. The van der Waals surface area contributed by atoms with Crippen molar-refractivity contribution in [3.05, 3.63) is 11.8 Å². The van der Waals surface area contributed by atoms with Crippen LogP contribution in [0.3, 0.4) is 0 Å². The predicted octanol–water partition coefficient (Wildman–Crippen LogP) is 0.911. The number of thioether (sulfide) groups is 1. The van der Waals surface area contributed by atoms with Gasteiger partial charge in [0.25, 0.3) is 0 Å². The lowest BCUT2D eigenvalue weighted by atomic mass is 10.5. The maximum atomic E-state index is 8.64. The van der Waals surface area contributed by atoms with Gasteiger partial charge in [-0.3, -0.25) is 0 Å². The van der Waals surface area contributed by atoms with Gasteiger partial charge in [0.2, 0.25) is 5.95 Å². The largest absolute Gasteiger partial charge is 0.396 e. The molecule has 0 bridgehead atoms. The number of aromatic nitrogens is 2. The van der Waals surface area contributed by atoms with Gasteiger partial charge in [0, 0.05) is 18.5 Å². The highest BCUT2D eigenvalue weighted by molar-refractivity contribution is 7.99. The Hall–Kier alpha value is -0.810. The molecule has 0 saturated heterocycles. The van der Waals surface area contributed by atoms with Crippen molar-refractivity contribution in [2.24, 2.45) is 0 Å². The van der Waals surface area contributed by atoms with Crippen LogP contribution in [0.25, 0.3) is 0 Å². The van der Waals surface area contributed by atoms with E-state index >= 15 is 0 Å². The number of nitrogens with one attached hydrogen (secondary N) is 1. The van der Waals surface area contributed by atoms with Crippen molar-refractivity contribution in [2.75, 3.05) is 24.7 Å². The summed E-state index contributed by atoms with van der Waals surface area (Å²) in [5.74, 6) is 1.29. The van der Waals surface area contributed by atoms with Crippen molar-refractivity contribution in [1.82, 2.24) is 9.97 Å². The fraction of sp³-hybridized carbons (Fsp3) is 0.500. The topological polar surface area (TPSA) is 58.0 Å². The Balaban J connectivity index is 2.76. The Bertz CT molecular complexity index is 280. The molecule has 0 aliphatic carbocycles. The van der Waals surface area contributed by atoms with Crippen molar-refractivity contribution in [3.63, 3.8) is 0 Å². The first-order valence-electron chi connectivity index (χ1n) is 4.03. The first-order valence-corrected chi connectivity index (χ1v) is 5.02. The molecule has 0 aromatic carbocycles. The van der Waals surface area contributed by atoms with E-state index in [4.69, 9.17) is 5.11 Å². The van der Waals surface area contributed by atoms with E-state index in [1.54, 1.807) is 7.05 Å². The van der Waals surface area contributed by atoms with Crippen LogP contribution in [0, 0.1) is 6.92 Å². The zero-order valence-electron chi connectivity index (χ0n) is 7.74. The third-order valence-corrected chi connectivity index (χ3v) is 2.29. The average Bonchev–Trinajstić information content (AvgIpc) is 2.14. The third-order valence-electron chi connectivity index (χ3n) is 1.40. The van der Waals surface area contributed by atoms with Crippen LogP contribution in [-0.2, 0) is 0 Å². The molecule has 4 nitrogen and oxygen atoms in total. The monoisotopic (exact) mass is 199 g/mol. The summed E-state index contributed by atoms with van der Waals surface area (Å²) in [5, 5.41) is 12.4. The highest BCUT2D eigenvalue weighted by atomic mass is 32.2. The highest BCUT2D eigenvalue weighted by Crippen LogP contribution is 2.16. The van der Waals surface area contributed by atoms with E-state index in [0.29, 0.717) is 11.7 Å². The average molecular weight is 199 g/mol. The number of aliphatic hydroxyl groups is 1. The fourth-order valence-corrected chi connectivity index (χ4v) is 1.58. The molecule has 1 aromatic heterocycles. The number of hydrogen-bond donors (Lipinski definition) is 2. The minimum absolute atomic E-state index is 0.169. The third kappa shape index (κ3) is 3.20. The molecule has 0 amide bonds. The van der Waals surface area contributed by atoms with Gasteiger partial charge in [0.15, 0.2) is 0 Å². The normalized spacial score (nSPS) is 10.1. The Morgan fingerprint density at radius 2 is 2.31 bits per heavy atom. The summed E-state index contributed by atoms with van der Waals surface area (Å²) in [5.41, 5.74) is 0.930. The Kier molecular flexibility index (Phi) is 3.98. The fourth-order valence-electron chi connectivity index (χ4n) is 0.876. The molecule has 1 heterocycles. The van der Waals surface area contributed by atoms with Gasteiger partial charge in [0.05, 0.1) is 6.61 Å². The number of aliphatic hydroxyl groups excluding tert-OH is 1. The van der Waals surface area contributed by atoms with Crippen molar-refractivity contribution in [3.8, 4) is 0 Å². The number of nitrogens with zero attached hydrogens (tertiary/aromatic N) is 2. The summed E-state index contributed by atoms with van der Waals surface area (Å²) >= 11 is 1.52. The Labute approximate surface area is 81.8 Å². The maximum Gasteiger partial charge on any atom is 0.223 e. The van der Waals surface area contributed by atoms with Crippen LogP contribution in [0.5, 0.6) is 0 Å². The van der Waals surface area contributed by atoms with Crippen LogP contribution < -0.4 is 5.32 Å². The molecule has 0 aliphatic rings. The second kappa shape index (κ2) is 5.04. The molecule has 0 atom stereocenters. The molecule has 1 rings (SSSR count). The molecule has 5 heteroatoms. The number of rotatable bonds is 4. The molecule has 0 spiro atoms. The number of hydrogen-bond acceptors (Lipinski definition) is 5. The first-order chi connectivity index (χ1) is 6.26. The summed E-state index contributed by atoms with van der Waals surface area (Å²) in [4.78, 5) is 8.38. The van der Waals surface area contributed by atoms with Crippen LogP contribution in [0.4, 0.5) is 5.95 Å². The summed E-state index contributed by atoms with van der Waals surface area (Å²) in [6.45, 7) is 2.09. The van der Waals surface area contributed by atoms with Gasteiger partial charge in [0.1, 0.15) is 5.03 Å². The van der Waals surface area contributed by atoms with Gasteiger partial charge < -0.3 is 10.4 Å². The molecule has 13 heavy (non-hydrogen) atoms. The van der Waals surface area contributed by atoms with E-state index < -0.39 is 0 Å². The maximum absolute atomic E-state index is 8.64. The first kappa shape index (κ1) is 10.3. The molecule has 0 aliphatic heterocycles. The zero-order chi connectivity index (χ0) is 9.68. The summed E-state index contributed by atoms with van der Waals surface area (Å²) in [6.07, 6.45) is 0. The standard InChI is InChI=1S/C8H13N3OS/c1-6-5-7(13-4-3-12)11-8(9-2)10-6/h5,12H,3-4H2,1-2H3,(H,9,10,11). The minimum atomic E-state index is 0.169. The van der Waals surface area contributed by atoms with Crippen molar-refractivity contribution >= 4 is 17.7 Å². The zero-order valence-corrected chi connectivity index (χ0v) is 8.56. The number of aryl methyl sites for hydroxylation is 1. The van der Waals surface area contributed by atoms with Gasteiger partial charge in [-0.15, -0.1) is 11.8 Å². The Morgan fingerprint density at radius 3 is 2.92 bits per heavy atom. The van der Waals surface area contributed by atoms with Crippen molar-refractivity contribution in [2.45, 2.75) is 11.9 Å². The second-order valence-corrected chi connectivity index (χ2v) is 3.61. The van der Waals surface area contributed by atoms with E-state index in [1.807, 2.05) is 13.0 Å². The minimum Gasteiger partial charge on any atom is -0.396 e. The lowest BCUT2D eigenvalue weighted by Gasteiger charge is -2.03. The van der Waals surface area contributed by atoms with E-state index in [2.05, 4.69) is 15.3 Å². The Morgan fingerprint density at radius 1 is 1.54 bits per heavy atom. The van der Waals surface area contributed by atoms with E-state index in [0.717, 1.165) is 10.7 Å². The molecule has 0 unspecified atom stereocenters. The second-order valence-electron chi connectivity index (χ2n) is 2.49. The van der Waals surface area contributed by atoms with Gasteiger partial charge >= 0.3 is 0 Å². The molecule has 1 aromatic rings. The molecular weight excluding hydrogens is 186 g/mol. The highest BCUT2D eigenvalue weighted by Gasteiger charge is 2.00.